The maximum Gasteiger partial charge on any atom is 0.339 e. The van der Waals surface area contributed by atoms with Gasteiger partial charge in [-0.05, 0) is 48.7 Å². The van der Waals surface area contributed by atoms with Crippen molar-refractivity contribution in [1.82, 2.24) is 5.43 Å². The Labute approximate surface area is 186 Å². The van der Waals surface area contributed by atoms with Crippen molar-refractivity contribution in [1.29, 1.82) is 0 Å². The van der Waals surface area contributed by atoms with Crippen LogP contribution in [-0.4, -0.2) is 18.9 Å². The van der Waals surface area contributed by atoms with Crippen LogP contribution in [0.3, 0.4) is 0 Å². The van der Waals surface area contributed by atoms with Crippen LogP contribution in [0.1, 0.15) is 23.6 Å². The zero-order chi connectivity index (χ0) is 22.1. The van der Waals surface area contributed by atoms with Crippen molar-refractivity contribution in [3.8, 4) is 11.5 Å². The van der Waals surface area contributed by atoms with Gasteiger partial charge in [0.2, 0.25) is 0 Å². The zero-order valence-corrected chi connectivity index (χ0v) is 18.1. The fourth-order valence-corrected chi connectivity index (χ4v) is 3.10. The number of anilines is 1. The Hall–Kier alpha value is -3.51. The van der Waals surface area contributed by atoms with E-state index < -0.39 is 6.03 Å². The van der Waals surface area contributed by atoms with Gasteiger partial charge in [0, 0.05) is 5.69 Å². The largest absolute Gasteiger partial charge is 0.490 e. The highest BCUT2D eigenvalue weighted by molar-refractivity contribution is 6.32. The fourth-order valence-electron chi connectivity index (χ4n) is 2.82. The van der Waals surface area contributed by atoms with Crippen LogP contribution in [0.2, 0.25) is 5.02 Å². The first-order valence-electron chi connectivity index (χ1n) is 9.85. The summed E-state index contributed by atoms with van der Waals surface area (Å²) in [5.74, 6) is 0.978. The summed E-state index contributed by atoms with van der Waals surface area (Å²) in [6.45, 7) is 4.62. The van der Waals surface area contributed by atoms with Crippen LogP contribution in [-0.2, 0) is 6.61 Å². The van der Waals surface area contributed by atoms with E-state index in [-0.39, 0.29) is 0 Å². The molecule has 2 amide bonds. The Kier molecular flexibility index (Phi) is 7.90. The number of para-hydroxylation sites is 1. The van der Waals surface area contributed by atoms with Crippen molar-refractivity contribution >= 4 is 29.5 Å². The predicted molar refractivity (Wildman–Crippen MR) is 124 cm³/mol. The third-order valence-corrected chi connectivity index (χ3v) is 4.61. The van der Waals surface area contributed by atoms with Crippen LogP contribution in [0.15, 0.2) is 71.8 Å². The smallest absolute Gasteiger partial charge is 0.339 e. The van der Waals surface area contributed by atoms with Crippen molar-refractivity contribution < 1.29 is 14.3 Å². The average Bonchev–Trinajstić information content (AvgIpc) is 2.76. The second-order valence-corrected chi connectivity index (χ2v) is 7.08. The number of rotatable bonds is 8. The van der Waals surface area contributed by atoms with Crippen molar-refractivity contribution in [3.05, 3.63) is 88.4 Å². The van der Waals surface area contributed by atoms with E-state index in [1.807, 2.05) is 68.4 Å². The van der Waals surface area contributed by atoms with E-state index in [9.17, 15) is 4.79 Å². The minimum absolute atomic E-state index is 0.370. The van der Waals surface area contributed by atoms with Crippen LogP contribution in [0.5, 0.6) is 11.5 Å². The van der Waals surface area contributed by atoms with Gasteiger partial charge in [-0.2, -0.15) is 5.10 Å². The number of ether oxygens (including phenoxy) is 2. The van der Waals surface area contributed by atoms with Crippen LogP contribution in [0.25, 0.3) is 0 Å². The summed E-state index contributed by atoms with van der Waals surface area (Å²) in [7, 11) is 0. The first-order valence-corrected chi connectivity index (χ1v) is 10.2. The number of benzene rings is 3. The second-order valence-electron chi connectivity index (χ2n) is 6.68. The van der Waals surface area contributed by atoms with Crippen molar-refractivity contribution in [2.75, 3.05) is 11.9 Å². The van der Waals surface area contributed by atoms with Crippen LogP contribution >= 0.6 is 11.6 Å². The van der Waals surface area contributed by atoms with E-state index in [0.29, 0.717) is 35.3 Å². The number of hydrogen-bond acceptors (Lipinski definition) is 4. The molecule has 0 aliphatic heterocycles. The standard InChI is InChI=1S/C24H24ClN3O3/c1-3-30-22-14-19(13-20(25)23(22)31-16-18-10-5-4-6-11-18)15-26-28-24(29)27-21-12-8-7-9-17(21)2/h4-15H,3,16H2,1-2H3,(H2,27,28,29). The lowest BCUT2D eigenvalue weighted by molar-refractivity contribution is 0.252. The van der Waals surface area contributed by atoms with Crippen molar-refractivity contribution in [2.45, 2.75) is 20.5 Å². The Balaban J connectivity index is 1.67. The molecule has 3 aromatic carbocycles. The third kappa shape index (κ3) is 6.49. The van der Waals surface area contributed by atoms with Gasteiger partial charge in [0.05, 0.1) is 17.8 Å². The molecule has 0 unspecified atom stereocenters. The highest BCUT2D eigenvalue weighted by Crippen LogP contribution is 2.37. The van der Waals surface area contributed by atoms with Gasteiger partial charge >= 0.3 is 6.03 Å². The monoisotopic (exact) mass is 437 g/mol. The number of nitrogens with one attached hydrogen (secondary N) is 2. The van der Waals surface area contributed by atoms with Gasteiger partial charge in [-0.25, -0.2) is 10.2 Å². The van der Waals surface area contributed by atoms with E-state index >= 15 is 0 Å². The molecule has 3 rings (SSSR count). The number of amides is 2. The van der Waals surface area contributed by atoms with E-state index in [2.05, 4.69) is 15.8 Å². The number of aryl methyl sites for hydroxylation is 1. The Morgan fingerprint density at radius 3 is 2.55 bits per heavy atom. The Bertz CT molecular complexity index is 1060. The number of hydrogen-bond donors (Lipinski definition) is 2. The van der Waals surface area contributed by atoms with Gasteiger partial charge in [0.15, 0.2) is 11.5 Å². The molecule has 0 aliphatic rings. The molecule has 0 saturated heterocycles. The van der Waals surface area contributed by atoms with Gasteiger partial charge < -0.3 is 14.8 Å². The molecule has 0 bridgehead atoms. The maximum atomic E-state index is 12.1. The second kappa shape index (κ2) is 11.0. The molecule has 2 N–H and O–H groups in total. The summed E-state index contributed by atoms with van der Waals surface area (Å²) in [5.41, 5.74) is 5.81. The minimum Gasteiger partial charge on any atom is -0.490 e. The Morgan fingerprint density at radius 2 is 1.81 bits per heavy atom. The molecule has 31 heavy (non-hydrogen) atoms. The molecule has 6 nitrogen and oxygen atoms in total. The SMILES string of the molecule is CCOc1cc(C=NNC(=O)Nc2ccccc2C)cc(Cl)c1OCc1ccccc1. The number of carbonyl (C=O) groups is 1. The molecular formula is C24H24ClN3O3. The summed E-state index contributed by atoms with van der Waals surface area (Å²) in [4.78, 5) is 12.1. The molecule has 160 valence electrons. The van der Waals surface area contributed by atoms with Crippen LogP contribution in [0, 0.1) is 6.92 Å². The lowest BCUT2D eigenvalue weighted by Crippen LogP contribution is -2.24. The molecule has 0 heterocycles. The number of nitrogens with zero attached hydrogens (tertiary/aromatic N) is 1. The average molecular weight is 438 g/mol. The number of carbonyl (C=O) groups excluding carboxylic acids is 1. The summed E-state index contributed by atoms with van der Waals surface area (Å²) < 4.78 is 11.6. The summed E-state index contributed by atoms with van der Waals surface area (Å²) in [6, 6.07) is 20.3. The van der Waals surface area contributed by atoms with Gasteiger partial charge in [0.25, 0.3) is 0 Å². The quantitative estimate of drug-likeness (QED) is 0.346. The van der Waals surface area contributed by atoms with Crippen molar-refractivity contribution in [2.24, 2.45) is 5.10 Å². The van der Waals surface area contributed by atoms with Crippen LogP contribution in [0.4, 0.5) is 10.5 Å². The van der Waals surface area contributed by atoms with Crippen molar-refractivity contribution in [3.63, 3.8) is 0 Å². The maximum absolute atomic E-state index is 12.1. The van der Waals surface area contributed by atoms with Gasteiger partial charge in [-0.1, -0.05) is 60.1 Å². The third-order valence-electron chi connectivity index (χ3n) is 4.33. The van der Waals surface area contributed by atoms with E-state index in [0.717, 1.165) is 16.8 Å². The molecule has 0 spiro atoms. The number of halogens is 1. The molecular weight excluding hydrogens is 414 g/mol. The molecule has 3 aromatic rings. The first kappa shape index (κ1) is 22.2. The minimum atomic E-state index is -0.440. The molecule has 0 aromatic heterocycles. The number of urea groups is 1. The summed E-state index contributed by atoms with van der Waals surface area (Å²) in [5, 5.41) is 7.13. The van der Waals surface area contributed by atoms with Crippen LogP contribution < -0.4 is 20.2 Å². The normalized spacial score (nSPS) is 10.7. The molecule has 7 heteroatoms. The van der Waals surface area contributed by atoms with E-state index in [1.54, 1.807) is 12.1 Å². The zero-order valence-electron chi connectivity index (χ0n) is 17.4. The lowest BCUT2D eigenvalue weighted by Gasteiger charge is -2.14. The highest BCUT2D eigenvalue weighted by atomic mass is 35.5. The molecule has 0 aliphatic carbocycles. The van der Waals surface area contributed by atoms with Gasteiger partial charge in [-0.15, -0.1) is 0 Å². The molecule has 0 atom stereocenters. The van der Waals surface area contributed by atoms with Gasteiger partial charge in [0.1, 0.15) is 6.61 Å². The van der Waals surface area contributed by atoms with Gasteiger partial charge in [-0.3, -0.25) is 0 Å². The number of hydrazone groups is 1. The predicted octanol–water partition coefficient (Wildman–Crippen LogP) is 5.78. The van der Waals surface area contributed by atoms with E-state index in [1.165, 1.54) is 6.21 Å². The van der Waals surface area contributed by atoms with E-state index in [4.69, 9.17) is 21.1 Å². The first-order chi connectivity index (χ1) is 15.1. The molecule has 0 radical (unpaired) electrons. The summed E-state index contributed by atoms with van der Waals surface area (Å²) in [6.07, 6.45) is 1.49. The highest BCUT2D eigenvalue weighted by Gasteiger charge is 2.12. The summed E-state index contributed by atoms with van der Waals surface area (Å²) >= 11 is 6.44. The Morgan fingerprint density at radius 1 is 1.06 bits per heavy atom. The lowest BCUT2D eigenvalue weighted by atomic mass is 10.2. The molecule has 0 saturated carbocycles. The topological polar surface area (TPSA) is 72.0 Å². The fraction of sp³-hybridized carbons (Fsp3) is 0.167. The molecule has 0 fully saturated rings.